The van der Waals surface area contributed by atoms with Crippen LogP contribution in [0, 0.1) is 6.92 Å². The minimum absolute atomic E-state index is 0.291. The standard InChI is InChI=1S/C12H12BrNO2S2/c1-9-2-4-11(5-3-9)18(15,16)14-8-10-6-7-17-12(10)13/h2-7,14H,8H2,1H3. The van der Waals surface area contributed by atoms with Gasteiger partial charge in [-0.15, -0.1) is 11.3 Å². The summed E-state index contributed by atoms with van der Waals surface area (Å²) in [5, 5.41) is 1.92. The Balaban J connectivity index is 2.13. The van der Waals surface area contributed by atoms with Gasteiger partial charge in [-0.1, -0.05) is 17.7 Å². The van der Waals surface area contributed by atoms with Gasteiger partial charge in [0.05, 0.1) is 8.68 Å². The fourth-order valence-corrected chi connectivity index (χ4v) is 3.67. The molecule has 0 atom stereocenters. The van der Waals surface area contributed by atoms with Crippen LogP contribution < -0.4 is 4.72 Å². The fraction of sp³-hybridized carbons (Fsp3) is 0.167. The third-order valence-corrected chi connectivity index (χ3v) is 5.71. The summed E-state index contributed by atoms with van der Waals surface area (Å²) in [4.78, 5) is 0.291. The number of rotatable bonds is 4. The number of sulfonamides is 1. The third-order valence-electron chi connectivity index (χ3n) is 2.48. The van der Waals surface area contributed by atoms with Gasteiger partial charge in [-0.3, -0.25) is 0 Å². The van der Waals surface area contributed by atoms with Crippen LogP contribution in [0.15, 0.2) is 44.4 Å². The van der Waals surface area contributed by atoms with Gasteiger partial charge in [-0.05, 0) is 52.0 Å². The Morgan fingerprint density at radius 2 is 1.89 bits per heavy atom. The minimum Gasteiger partial charge on any atom is -0.207 e. The summed E-state index contributed by atoms with van der Waals surface area (Å²) in [5.41, 5.74) is 1.98. The number of benzene rings is 1. The van der Waals surface area contributed by atoms with Crippen LogP contribution in [0.3, 0.4) is 0 Å². The highest BCUT2D eigenvalue weighted by molar-refractivity contribution is 9.11. The first-order valence-corrected chi connectivity index (χ1v) is 8.43. The first-order valence-electron chi connectivity index (χ1n) is 5.27. The molecular formula is C12H12BrNO2S2. The summed E-state index contributed by atoms with van der Waals surface area (Å²) in [5.74, 6) is 0. The molecule has 0 saturated heterocycles. The Kier molecular flexibility index (Phi) is 4.21. The van der Waals surface area contributed by atoms with Gasteiger partial charge < -0.3 is 0 Å². The van der Waals surface area contributed by atoms with Crippen molar-refractivity contribution in [1.82, 2.24) is 4.72 Å². The van der Waals surface area contributed by atoms with Crippen molar-refractivity contribution in [2.75, 3.05) is 0 Å². The number of hydrogen-bond acceptors (Lipinski definition) is 3. The Labute approximate surface area is 119 Å². The maximum Gasteiger partial charge on any atom is 0.240 e. The zero-order chi connectivity index (χ0) is 13.2. The maximum atomic E-state index is 12.0. The van der Waals surface area contributed by atoms with Gasteiger partial charge in [0.15, 0.2) is 0 Å². The van der Waals surface area contributed by atoms with Crippen molar-refractivity contribution in [2.45, 2.75) is 18.4 Å². The molecule has 0 aliphatic heterocycles. The third kappa shape index (κ3) is 3.20. The van der Waals surface area contributed by atoms with Gasteiger partial charge in [-0.2, -0.15) is 0 Å². The molecular weight excluding hydrogens is 334 g/mol. The summed E-state index contributed by atoms with van der Waals surface area (Å²) < 4.78 is 27.6. The summed E-state index contributed by atoms with van der Waals surface area (Å²) in [6.45, 7) is 2.21. The molecule has 1 aromatic heterocycles. The molecule has 0 bridgehead atoms. The van der Waals surface area contributed by atoms with Crippen LogP contribution in [0.1, 0.15) is 11.1 Å². The fourth-order valence-electron chi connectivity index (χ4n) is 1.42. The Bertz CT molecular complexity index is 632. The number of nitrogens with one attached hydrogen (secondary N) is 1. The predicted molar refractivity (Wildman–Crippen MR) is 77.2 cm³/mol. The van der Waals surface area contributed by atoms with E-state index < -0.39 is 10.0 Å². The average molecular weight is 346 g/mol. The van der Waals surface area contributed by atoms with Crippen molar-refractivity contribution in [3.63, 3.8) is 0 Å². The van der Waals surface area contributed by atoms with Crippen molar-refractivity contribution >= 4 is 37.3 Å². The smallest absolute Gasteiger partial charge is 0.207 e. The number of thiophene rings is 1. The SMILES string of the molecule is Cc1ccc(S(=O)(=O)NCc2ccsc2Br)cc1. The average Bonchev–Trinajstić information content (AvgIpc) is 2.73. The Hall–Kier alpha value is -0.690. The quantitative estimate of drug-likeness (QED) is 0.923. The van der Waals surface area contributed by atoms with Crippen molar-refractivity contribution < 1.29 is 8.42 Å². The number of hydrogen-bond donors (Lipinski definition) is 1. The van der Waals surface area contributed by atoms with Gasteiger partial charge in [-0.25, -0.2) is 13.1 Å². The first-order chi connectivity index (χ1) is 8.49. The van der Waals surface area contributed by atoms with Crippen LogP contribution in [0.25, 0.3) is 0 Å². The van der Waals surface area contributed by atoms with Gasteiger partial charge in [0.2, 0.25) is 10.0 Å². The minimum atomic E-state index is -3.44. The summed E-state index contributed by atoms with van der Waals surface area (Å²) in [7, 11) is -3.44. The molecule has 0 saturated carbocycles. The lowest BCUT2D eigenvalue weighted by molar-refractivity contribution is 0.581. The van der Waals surface area contributed by atoms with E-state index >= 15 is 0 Å². The van der Waals surface area contributed by atoms with E-state index in [4.69, 9.17) is 0 Å². The molecule has 0 aliphatic rings. The normalized spacial score (nSPS) is 11.7. The Morgan fingerprint density at radius 1 is 1.22 bits per heavy atom. The van der Waals surface area contributed by atoms with Crippen LogP contribution in [-0.4, -0.2) is 8.42 Å². The van der Waals surface area contributed by atoms with E-state index in [-0.39, 0.29) is 0 Å². The van der Waals surface area contributed by atoms with Crippen molar-refractivity contribution in [3.05, 3.63) is 50.6 Å². The molecule has 0 unspecified atom stereocenters. The largest absolute Gasteiger partial charge is 0.240 e. The predicted octanol–water partition coefficient (Wildman–Crippen LogP) is 3.30. The summed E-state index contributed by atoms with van der Waals surface area (Å²) in [6.07, 6.45) is 0. The van der Waals surface area contributed by atoms with E-state index in [0.717, 1.165) is 14.9 Å². The topological polar surface area (TPSA) is 46.2 Å². The summed E-state index contributed by atoms with van der Waals surface area (Å²) in [6, 6.07) is 8.69. The zero-order valence-corrected chi connectivity index (χ0v) is 12.9. The maximum absolute atomic E-state index is 12.0. The molecule has 0 aliphatic carbocycles. The second kappa shape index (κ2) is 5.52. The van der Waals surface area contributed by atoms with Crippen LogP contribution in [0.4, 0.5) is 0 Å². The van der Waals surface area contributed by atoms with E-state index in [1.54, 1.807) is 24.3 Å². The lowest BCUT2D eigenvalue weighted by Gasteiger charge is -2.06. The van der Waals surface area contributed by atoms with E-state index in [9.17, 15) is 8.42 Å². The molecule has 1 aromatic carbocycles. The molecule has 2 aromatic rings. The van der Waals surface area contributed by atoms with E-state index in [2.05, 4.69) is 20.7 Å². The summed E-state index contributed by atoms with van der Waals surface area (Å²) >= 11 is 4.92. The monoisotopic (exact) mass is 345 g/mol. The second-order valence-corrected chi connectivity index (χ2v) is 7.86. The van der Waals surface area contributed by atoms with E-state index in [0.29, 0.717) is 11.4 Å². The van der Waals surface area contributed by atoms with Crippen molar-refractivity contribution in [3.8, 4) is 0 Å². The van der Waals surface area contributed by atoms with Gasteiger partial charge in [0.1, 0.15) is 0 Å². The van der Waals surface area contributed by atoms with Crippen LogP contribution in [0.5, 0.6) is 0 Å². The van der Waals surface area contributed by atoms with Crippen LogP contribution in [0.2, 0.25) is 0 Å². The Morgan fingerprint density at radius 3 is 2.44 bits per heavy atom. The molecule has 3 nitrogen and oxygen atoms in total. The van der Waals surface area contributed by atoms with Gasteiger partial charge in [0, 0.05) is 6.54 Å². The van der Waals surface area contributed by atoms with Gasteiger partial charge >= 0.3 is 0 Å². The number of halogens is 1. The van der Waals surface area contributed by atoms with Crippen molar-refractivity contribution in [2.24, 2.45) is 0 Å². The highest BCUT2D eigenvalue weighted by Crippen LogP contribution is 2.23. The van der Waals surface area contributed by atoms with Crippen molar-refractivity contribution in [1.29, 1.82) is 0 Å². The molecule has 6 heteroatoms. The molecule has 18 heavy (non-hydrogen) atoms. The number of aryl methyl sites for hydroxylation is 1. The first kappa shape index (κ1) is 13.7. The van der Waals surface area contributed by atoms with Crippen LogP contribution >= 0.6 is 27.3 Å². The van der Waals surface area contributed by atoms with Gasteiger partial charge in [0.25, 0.3) is 0 Å². The highest BCUT2D eigenvalue weighted by Gasteiger charge is 2.14. The lowest BCUT2D eigenvalue weighted by Crippen LogP contribution is -2.23. The molecule has 96 valence electrons. The molecule has 1 heterocycles. The molecule has 0 fully saturated rings. The molecule has 0 radical (unpaired) electrons. The second-order valence-electron chi connectivity index (χ2n) is 3.86. The zero-order valence-electron chi connectivity index (χ0n) is 9.68. The van der Waals surface area contributed by atoms with E-state index in [1.807, 2.05) is 18.4 Å². The molecule has 1 N–H and O–H groups in total. The van der Waals surface area contributed by atoms with E-state index in [1.165, 1.54) is 11.3 Å². The molecule has 0 spiro atoms. The highest BCUT2D eigenvalue weighted by atomic mass is 79.9. The lowest BCUT2D eigenvalue weighted by atomic mass is 10.2. The molecule has 2 rings (SSSR count). The van der Waals surface area contributed by atoms with Crippen LogP contribution in [-0.2, 0) is 16.6 Å². The molecule has 0 amide bonds.